The van der Waals surface area contributed by atoms with Crippen LogP contribution in [0.4, 0.5) is 13.2 Å². The largest absolute Gasteiger partial charge is 0.435 e. The Morgan fingerprint density at radius 3 is 2.61 bits per heavy atom. The van der Waals surface area contributed by atoms with E-state index >= 15 is 0 Å². The van der Waals surface area contributed by atoms with Crippen molar-refractivity contribution in [1.82, 2.24) is 24.6 Å². The number of aromatic nitrogens is 4. The van der Waals surface area contributed by atoms with E-state index in [9.17, 15) is 13.2 Å². The average Bonchev–Trinajstić information content (AvgIpc) is 3.47. The van der Waals surface area contributed by atoms with Gasteiger partial charge >= 0.3 is 6.18 Å². The highest BCUT2D eigenvalue weighted by molar-refractivity contribution is 5.81. The summed E-state index contributed by atoms with van der Waals surface area (Å²) < 4.78 is 50.2. The van der Waals surface area contributed by atoms with Gasteiger partial charge < -0.3 is 8.98 Å². The molecule has 0 spiro atoms. The van der Waals surface area contributed by atoms with E-state index in [-0.39, 0.29) is 22.4 Å². The lowest BCUT2D eigenvalue weighted by Gasteiger charge is -2.46. The monoisotopic (exact) mass is 523 g/mol. The third-order valence-electron chi connectivity index (χ3n) is 8.20. The summed E-state index contributed by atoms with van der Waals surface area (Å²) >= 11 is 0. The molecule has 6 nitrogen and oxygen atoms in total. The minimum Gasteiger partial charge on any atom is -0.435 e. The Bertz CT molecular complexity index is 1470. The molecule has 2 fully saturated rings. The van der Waals surface area contributed by atoms with Crippen molar-refractivity contribution in [2.24, 2.45) is 18.9 Å². The molecule has 3 heterocycles. The molecule has 0 amide bonds. The first-order valence-corrected chi connectivity index (χ1v) is 13.3. The molecule has 0 bridgehead atoms. The number of hydrogen-bond donors (Lipinski definition) is 0. The van der Waals surface area contributed by atoms with Crippen LogP contribution in [0.15, 0.2) is 47.1 Å². The summed E-state index contributed by atoms with van der Waals surface area (Å²) in [6.07, 6.45) is 1.23. The quantitative estimate of drug-likeness (QED) is 0.295. The maximum atomic E-state index is 14.1. The van der Waals surface area contributed by atoms with Gasteiger partial charge in [-0.3, -0.25) is 4.90 Å². The maximum Gasteiger partial charge on any atom is 0.420 e. The highest BCUT2D eigenvalue weighted by Gasteiger charge is 2.48. The van der Waals surface area contributed by atoms with E-state index < -0.39 is 11.7 Å². The van der Waals surface area contributed by atoms with Crippen molar-refractivity contribution in [3.05, 3.63) is 65.2 Å². The summed E-state index contributed by atoms with van der Waals surface area (Å²) in [6.45, 7) is 6.65. The lowest BCUT2D eigenvalue weighted by atomic mass is 9.58. The summed E-state index contributed by atoms with van der Waals surface area (Å²) in [5, 5.41) is 8.49. The van der Waals surface area contributed by atoms with Crippen LogP contribution in [0.3, 0.4) is 0 Å². The van der Waals surface area contributed by atoms with Crippen molar-refractivity contribution in [1.29, 1.82) is 0 Å². The second-order valence-electron chi connectivity index (χ2n) is 11.4. The molecule has 200 valence electrons. The molecule has 9 heteroatoms. The van der Waals surface area contributed by atoms with Gasteiger partial charge in [0.05, 0.1) is 5.41 Å². The van der Waals surface area contributed by atoms with Gasteiger partial charge in [0.25, 0.3) is 0 Å². The molecular weight excluding hydrogens is 491 g/mol. The van der Waals surface area contributed by atoms with E-state index in [0.29, 0.717) is 29.5 Å². The van der Waals surface area contributed by atoms with Crippen LogP contribution in [0.1, 0.15) is 62.0 Å². The topological polar surface area (TPSA) is 60.0 Å². The van der Waals surface area contributed by atoms with Gasteiger partial charge in [-0.1, -0.05) is 26.0 Å². The number of piperidine rings is 1. The van der Waals surface area contributed by atoms with Crippen LogP contribution in [-0.4, -0.2) is 37.7 Å². The Morgan fingerprint density at radius 1 is 1.11 bits per heavy atom. The molecule has 6 rings (SSSR count). The van der Waals surface area contributed by atoms with Crippen molar-refractivity contribution >= 4 is 11.1 Å². The molecular formula is C29H32F3N5O. The first kappa shape index (κ1) is 25.1. The number of nitrogens with zero attached hydrogens (tertiary/aromatic N) is 5. The van der Waals surface area contributed by atoms with Crippen LogP contribution in [0.2, 0.25) is 0 Å². The van der Waals surface area contributed by atoms with Crippen molar-refractivity contribution in [3.63, 3.8) is 0 Å². The second-order valence-corrected chi connectivity index (χ2v) is 11.4. The Balaban J connectivity index is 1.39. The zero-order valence-electron chi connectivity index (χ0n) is 21.9. The van der Waals surface area contributed by atoms with Crippen molar-refractivity contribution in [3.8, 4) is 11.5 Å². The first-order valence-electron chi connectivity index (χ1n) is 13.3. The van der Waals surface area contributed by atoms with Gasteiger partial charge in [-0.2, -0.15) is 13.2 Å². The Labute approximate surface area is 219 Å². The summed E-state index contributed by atoms with van der Waals surface area (Å²) in [5.74, 6) is 2.16. The van der Waals surface area contributed by atoms with Gasteiger partial charge in [0, 0.05) is 25.7 Å². The first-order chi connectivity index (χ1) is 18.1. The minimum atomic E-state index is -4.54. The molecule has 2 aliphatic rings. The fraction of sp³-hybridized carbons (Fsp3) is 0.483. The fourth-order valence-corrected chi connectivity index (χ4v) is 6.55. The van der Waals surface area contributed by atoms with Crippen LogP contribution >= 0.6 is 0 Å². The van der Waals surface area contributed by atoms with Crippen LogP contribution < -0.4 is 0 Å². The molecule has 4 aromatic rings. The summed E-state index contributed by atoms with van der Waals surface area (Å²) in [6, 6.07) is 10.7. The molecule has 0 radical (unpaired) electrons. The lowest BCUT2D eigenvalue weighted by Crippen LogP contribution is -2.43. The number of hydrogen-bond acceptors (Lipinski definition) is 5. The zero-order valence-corrected chi connectivity index (χ0v) is 21.9. The minimum absolute atomic E-state index is 0.191. The van der Waals surface area contributed by atoms with Gasteiger partial charge in [-0.15, -0.1) is 10.2 Å². The van der Waals surface area contributed by atoms with E-state index in [0.717, 1.165) is 50.2 Å². The number of halogens is 3. The molecule has 1 saturated heterocycles. The number of rotatable bonds is 5. The average molecular weight is 524 g/mol. The normalized spacial score (nSPS) is 24.6. The molecule has 38 heavy (non-hydrogen) atoms. The SMILES string of the molecule is CC1CC(c2cccc(-c3nc4cc(CN5CCC[C@H](C)C5)cc(C(F)(F)F)c4o3)c2)(c2nncn2C)C1. The maximum absolute atomic E-state index is 14.1. The molecule has 0 N–H and O–H groups in total. The van der Waals surface area contributed by atoms with E-state index in [1.54, 1.807) is 12.4 Å². The second kappa shape index (κ2) is 9.22. The lowest BCUT2D eigenvalue weighted by molar-refractivity contribution is -0.136. The molecule has 2 aromatic heterocycles. The van der Waals surface area contributed by atoms with E-state index in [1.807, 2.05) is 35.9 Å². The van der Waals surface area contributed by atoms with Gasteiger partial charge in [-0.25, -0.2) is 4.98 Å². The summed E-state index contributed by atoms with van der Waals surface area (Å²) in [4.78, 5) is 6.80. The van der Waals surface area contributed by atoms with Gasteiger partial charge in [0.1, 0.15) is 23.2 Å². The van der Waals surface area contributed by atoms with E-state index in [1.165, 1.54) is 6.07 Å². The molecule has 2 aromatic carbocycles. The number of alkyl halides is 3. The fourth-order valence-electron chi connectivity index (χ4n) is 6.55. The summed E-state index contributed by atoms with van der Waals surface area (Å²) in [7, 11) is 1.94. The summed E-state index contributed by atoms with van der Waals surface area (Å²) in [5.41, 5.74) is 1.27. The third kappa shape index (κ3) is 4.40. The van der Waals surface area contributed by atoms with Crippen LogP contribution in [0.5, 0.6) is 0 Å². The predicted molar refractivity (Wildman–Crippen MR) is 138 cm³/mol. The van der Waals surface area contributed by atoms with Gasteiger partial charge in [0.15, 0.2) is 5.58 Å². The number of likely N-dealkylation sites (tertiary alicyclic amines) is 1. The van der Waals surface area contributed by atoms with Crippen LogP contribution in [0.25, 0.3) is 22.6 Å². The highest BCUT2D eigenvalue weighted by atomic mass is 19.4. The van der Waals surface area contributed by atoms with Crippen LogP contribution in [0, 0.1) is 11.8 Å². The number of benzene rings is 2. The van der Waals surface area contributed by atoms with Gasteiger partial charge in [-0.05, 0) is 79.5 Å². The van der Waals surface area contributed by atoms with E-state index in [4.69, 9.17) is 4.42 Å². The molecule has 1 aliphatic carbocycles. The van der Waals surface area contributed by atoms with Crippen molar-refractivity contribution in [2.75, 3.05) is 13.1 Å². The predicted octanol–water partition coefficient (Wildman–Crippen LogP) is 6.59. The molecule has 1 saturated carbocycles. The number of fused-ring (bicyclic) bond motifs is 1. The number of oxazole rings is 1. The smallest absolute Gasteiger partial charge is 0.420 e. The molecule has 0 unspecified atom stereocenters. The van der Waals surface area contributed by atoms with Crippen LogP contribution in [-0.2, 0) is 25.2 Å². The van der Waals surface area contributed by atoms with Crippen molar-refractivity contribution < 1.29 is 17.6 Å². The Morgan fingerprint density at radius 2 is 1.92 bits per heavy atom. The number of aryl methyl sites for hydroxylation is 1. The third-order valence-corrected chi connectivity index (χ3v) is 8.20. The molecule has 1 aliphatic heterocycles. The Hall–Kier alpha value is -3.20. The molecule has 1 atom stereocenters. The van der Waals surface area contributed by atoms with Gasteiger partial charge in [0.2, 0.25) is 5.89 Å². The van der Waals surface area contributed by atoms with E-state index in [2.05, 4.69) is 33.9 Å². The van der Waals surface area contributed by atoms with Crippen molar-refractivity contribution in [2.45, 2.75) is 57.7 Å². The zero-order chi connectivity index (χ0) is 26.7. The highest BCUT2D eigenvalue weighted by Crippen LogP contribution is 2.52. The standard InChI is InChI=1S/C29H32F3N5O/c1-18-6-5-9-37(15-18)16-20-10-23(29(30,31)32)25-24(11-20)34-26(38-25)21-7-4-8-22(12-21)28(13-19(2)14-28)27-35-33-17-36(27)3/h4,7-8,10-12,17-19H,5-6,9,13-16H2,1-3H3/t18-,19?,28?/m0/s1. The Kier molecular flexibility index (Phi) is 6.09.